The van der Waals surface area contributed by atoms with E-state index in [1.807, 2.05) is 30.5 Å². The number of fused-ring (bicyclic) bond motifs is 1. The molecule has 0 aliphatic heterocycles. The molecule has 226 valence electrons. The van der Waals surface area contributed by atoms with Crippen LogP contribution < -0.4 is 4.43 Å². The highest BCUT2D eigenvalue weighted by atomic mass is 28.3. The largest absolute Gasteiger partial charge is 0.546 e. The molecule has 0 radical (unpaired) electrons. The number of aromatic nitrogens is 2. The first kappa shape index (κ1) is 30.3. The first-order chi connectivity index (χ1) is 21.6. The number of ketones is 1. The van der Waals surface area contributed by atoms with Crippen molar-refractivity contribution in [1.29, 1.82) is 0 Å². The van der Waals surface area contributed by atoms with Crippen molar-refractivity contribution in [3.8, 4) is 5.75 Å². The topological polar surface area (TPSA) is 44.1 Å². The zero-order valence-electron chi connectivity index (χ0n) is 26.9. The molecule has 1 heterocycles. The minimum Gasteiger partial charge on any atom is -0.546 e. The highest BCUT2D eigenvalue weighted by Crippen LogP contribution is 2.42. The van der Waals surface area contributed by atoms with Crippen molar-refractivity contribution < 1.29 is 9.22 Å². The van der Waals surface area contributed by atoms with Crippen molar-refractivity contribution in [3.05, 3.63) is 167 Å². The molecule has 6 aromatic rings. The standard InChI is InChI=1S/C40H40N2O2Si/c1-28-32-22-23-34(38(44-45(5)6)33(32)24-25-35(28)39(2,3)4)37(43)36-26-42(27-41-36)40(29-16-10-7-11-17-29,30-18-12-8-13-19-30)31-20-14-9-15-21-31/h7-27,45H,1-6H3. The van der Waals surface area contributed by atoms with Crippen LogP contribution in [-0.4, -0.2) is 24.4 Å². The van der Waals surface area contributed by atoms with E-state index < -0.39 is 14.6 Å². The number of nitrogens with zero attached hydrogens (tertiary/aromatic N) is 2. The molecule has 0 amide bonds. The molecule has 0 fully saturated rings. The molecule has 0 bridgehead atoms. The van der Waals surface area contributed by atoms with Gasteiger partial charge in [-0.05, 0) is 64.7 Å². The van der Waals surface area contributed by atoms with Gasteiger partial charge in [0.1, 0.15) is 17.0 Å². The van der Waals surface area contributed by atoms with Crippen LogP contribution >= 0.6 is 0 Å². The lowest BCUT2D eigenvalue weighted by Gasteiger charge is -2.37. The number of rotatable bonds is 8. The van der Waals surface area contributed by atoms with Crippen molar-refractivity contribution in [2.45, 2.75) is 51.7 Å². The number of hydrogen-bond acceptors (Lipinski definition) is 3. The lowest BCUT2D eigenvalue weighted by atomic mass is 9.77. The molecule has 6 rings (SSSR count). The summed E-state index contributed by atoms with van der Waals surface area (Å²) in [6.45, 7) is 13.1. The Balaban J connectivity index is 1.54. The van der Waals surface area contributed by atoms with Gasteiger partial charge in [-0.3, -0.25) is 4.79 Å². The van der Waals surface area contributed by atoms with Gasteiger partial charge in [0.15, 0.2) is 0 Å². The Hall–Kier alpha value is -4.74. The predicted octanol–water partition coefficient (Wildman–Crippen LogP) is 9.08. The Morgan fingerprint density at radius 3 is 1.71 bits per heavy atom. The van der Waals surface area contributed by atoms with E-state index in [1.54, 1.807) is 6.33 Å². The van der Waals surface area contributed by atoms with Gasteiger partial charge in [-0.15, -0.1) is 0 Å². The fraction of sp³-hybridized carbons (Fsp3) is 0.200. The summed E-state index contributed by atoms with van der Waals surface area (Å²) < 4.78 is 8.63. The number of carbonyl (C=O) groups is 1. The highest BCUT2D eigenvalue weighted by molar-refractivity contribution is 6.49. The lowest BCUT2D eigenvalue weighted by molar-refractivity contribution is 0.103. The first-order valence-electron chi connectivity index (χ1n) is 15.6. The fourth-order valence-corrected chi connectivity index (χ4v) is 7.35. The van der Waals surface area contributed by atoms with E-state index in [9.17, 15) is 4.79 Å². The van der Waals surface area contributed by atoms with Crippen LogP contribution in [0.2, 0.25) is 13.1 Å². The summed E-state index contributed by atoms with van der Waals surface area (Å²) in [7, 11) is -1.55. The van der Waals surface area contributed by atoms with Gasteiger partial charge in [0, 0.05) is 11.6 Å². The quantitative estimate of drug-likeness (QED) is 0.0984. The SMILES string of the molecule is Cc1c(C(C)(C)C)ccc2c(O[SiH](C)C)c(C(=O)c3cn(C(c4ccccc4)(c4ccccc4)c4ccccc4)cn3)ccc12. The maximum absolute atomic E-state index is 14.4. The molecule has 0 aliphatic rings. The van der Waals surface area contributed by atoms with Gasteiger partial charge in [0.05, 0.1) is 11.9 Å². The number of aryl methyl sites for hydroxylation is 1. The highest BCUT2D eigenvalue weighted by Gasteiger charge is 2.39. The van der Waals surface area contributed by atoms with Gasteiger partial charge in [0.2, 0.25) is 14.8 Å². The molecule has 0 saturated heterocycles. The molecular weight excluding hydrogens is 569 g/mol. The van der Waals surface area contributed by atoms with E-state index in [0.717, 1.165) is 27.5 Å². The second-order valence-electron chi connectivity index (χ2n) is 13.0. The molecule has 0 saturated carbocycles. The Morgan fingerprint density at radius 2 is 1.22 bits per heavy atom. The molecule has 0 spiro atoms. The summed E-state index contributed by atoms with van der Waals surface area (Å²) >= 11 is 0. The van der Waals surface area contributed by atoms with Gasteiger partial charge < -0.3 is 8.99 Å². The Kier molecular flexibility index (Phi) is 8.06. The molecule has 1 aromatic heterocycles. The summed E-state index contributed by atoms with van der Waals surface area (Å²) in [4.78, 5) is 19.2. The van der Waals surface area contributed by atoms with Crippen LogP contribution in [0.3, 0.4) is 0 Å². The van der Waals surface area contributed by atoms with Crippen LogP contribution in [0.15, 0.2) is 128 Å². The number of carbonyl (C=O) groups excluding carboxylic acids is 1. The molecule has 5 aromatic carbocycles. The number of hydrogen-bond donors (Lipinski definition) is 0. The number of imidazole rings is 1. The van der Waals surface area contributed by atoms with Crippen molar-refractivity contribution in [2.75, 3.05) is 0 Å². The second kappa shape index (κ2) is 12.0. The summed E-state index contributed by atoms with van der Waals surface area (Å²) in [5.41, 5.74) is 5.91. The Morgan fingerprint density at radius 1 is 0.711 bits per heavy atom. The van der Waals surface area contributed by atoms with Gasteiger partial charge in [-0.1, -0.05) is 130 Å². The third-order valence-corrected chi connectivity index (χ3v) is 9.31. The molecule has 0 unspecified atom stereocenters. The predicted molar refractivity (Wildman–Crippen MR) is 187 cm³/mol. The van der Waals surface area contributed by atoms with Gasteiger partial charge >= 0.3 is 0 Å². The smallest absolute Gasteiger partial charge is 0.229 e. The average Bonchev–Trinajstić information content (AvgIpc) is 3.53. The van der Waals surface area contributed by atoms with Crippen molar-refractivity contribution in [1.82, 2.24) is 9.55 Å². The molecule has 0 N–H and O–H groups in total. The molecular formula is C40H40N2O2Si. The minimum absolute atomic E-state index is 0.0101. The summed E-state index contributed by atoms with van der Waals surface area (Å²) in [6, 6.07) is 39.5. The van der Waals surface area contributed by atoms with Crippen LogP contribution in [0.5, 0.6) is 5.75 Å². The lowest BCUT2D eigenvalue weighted by Crippen LogP contribution is -2.37. The molecule has 45 heavy (non-hydrogen) atoms. The molecule has 4 nitrogen and oxygen atoms in total. The van der Waals surface area contributed by atoms with Crippen LogP contribution in [0.25, 0.3) is 10.8 Å². The maximum Gasteiger partial charge on any atom is 0.229 e. The maximum atomic E-state index is 14.4. The Labute approximate surface area is 268 Å². The van der Waals surface area contributed by atoms with E-state index in [0.29, 0.717) is 17.0 Å². The zero-order valence-corrected chi connectivity index (χ0v) is 28.1. The van der Waals surface area contributed by atoms with Gasteiger partial charge in [0.25, 0.3) is 0 Å². The molecule has 5 heteroatoms. The van der Waals surface area contributed by atoms with Gasteiger partial charge in [-0.2, -0.15) is 0 Å². The fourth-order valence-electron chi connectivity index (χ4n) is 6.63. The van der Waals surface area contributed by atoms with Crippen molar-refractivity contribution in [2.24, 2.45) is 0 Å². The average molecular weight is 609 g/mol. The summed E-state index contributed by atoms with van der Waals surface area (Å²) in [6.07, 6.45) is 3.68. The summed E-state index contributed by atoms with van der Waals surface area (Å²) in [5.74, 6) is 0.513. The number of benzene rings is 5. The third kappa shape index (κ3) is 5.42. The van der Waals surface area contributed by atoms with Crippen molar-refractivity contribution >= 4 is 25.6 Å². The van der Waals surface area contributed by atoms with Crippen LogP contribution in [0, 0.1) is 6.92 Å². The van der Waals surface area contributed by atoms with Crippen LogP contribution in [-0.2, 0) is 11.0 Å². The van der Waals surface area contributed by atoms with E-state index in [4.69, 9.17) is 9.41 Å². The zero-order chi connectivity index (χ0) is 31.8. The summed E-state index contributed by atoms with van der Waals surface area (Å²) in [5, 5.41) is 2.09. The monoisotopic (exact) mass is 608 g/mol. The van der Waals surface area contributed by atoms with Crippen LogP contribution in [0.4, 0.5) is 0 Å². The minimum atomic E-state index is -1.55. The van der Waals surface area contributed by atoms with E-state index in [2.05, 4.69) is 136 Å². The van der Waals surface area contributed by atoms with E-state index in [-0.39, 0.29) is 11.2 Å². The van der Waals surface area contributed by atoms with Crippen LogP contribution in [0.1, 0.15) is 64.6 Å². The second-order valence-corrected chi connectivity index (χ2v) is 15.3. The normalized spacial score (nSPS) is 12.1. The molecule has 0 aliphatic carbocycles. The van der Waals surface area contributed by atoms with E-state index in [1.165, 1.54) is 11.1 Å². The van der Waals surface area contributed by atoms with Crippen molar-refractivity contribution in [3.63, 3.8) is 0 Å². The van der Waals surface area contributed by atoms with Gasteiger partial charge in [-0.25, -0.2) is 4.98 Å². The van der Waals surface area contributed by atoms with E-state index >= 15 is 0 Å². The Bertz CT molecular complexity index is 1860. The molecule has 0 atom stereocenters. The first-order valence-corrected chi connectivity index (χ1v) is 18.4. The third-order valence-electron chi connectivity index (χ3n) is 8.60.